The fourth-order valence-corrected chi connectivity index (χ4v) is 2.33. The molecule has 0 fully saturated rings. The molecule has 0 heterocycles. The van der Waals surface area contributed by atoms with Gasteiger partial charge in [-0.1, -0.05) is 42.5 Å². The van der Waals surface area contributed by atoms with Gasteiger partial charge in [-0.15, -0.1) is 0 Å². The number of carbonyl (C=O) groups excluding carboxylic acids is 1. The van der Waals surface area contributed by atoms with E-state index in [2.05, 4.69) is 5.32 Å². The summed E-state index contributed by atoms with van der Waals surface area (Å²) in [6, 6.07) is 19.3. The van der Waals surface area contributed by atoms with E-state index in [1.807, 2.05) is 36.4 Å². The van der Waals surface area contributed by atoms with Crippen LogP contribution in [0.2, 0.25) is 0 Å². The van der Waals surface area contributed by atoms with Gasteiger partial charge in [-0.05, 0) is 29.0 Å². The Balaban J connectivity index is 1.66. The fraction of sp³-hybridized carbons (Fsp3) is 0.0556. The Kier molecular flexibility index (Phi) is 4.38. The molecular weight excluding hydrogens is 308 g/mol. The van der Waals surface area contributed by atoms with Crippen LogP contribution in [-0.2, 0) is 4.79 Å². The number of benzene rings is 3. The summed E-state index contributed by atoms with van der Waals surface area (Å²) in [6.45, 7) is -0.232. The van der Waals surface area contributed by atoms with Gasteiger partial charge in [0.15, 0.2) is 6.61 Å². The van der Waals surface area contributed by atoms with Crippen molar-refractivity contribution in [3.63, 3.8) is 0 Å². The van der Waals surface area contributed by atoms with E-state index in [0.29, 0.717) is 5.75 Å². The van der Waals surface area contributed by atoms with E-state index < -0.39 is 10.8 Å². The molecule has 1 amide bonds. The van der Waals surface area contributed by atoms with Crippen molar-refractivity contribution in [3.05, 3.63) is 76.8 Å². The Morgan fingerprint density at radius 3 is 2.50 bits per heavy atom. The maximum absolute atomic E-state index is 12.0. The molecule has 24 heavy (non-hydrogen) atoms. The molecule has 0 aliphatic heterocycles. The summed E-state index contributed by atoms with van der Waals surface area (Å²) in [5.41, 5.74) is -0.00818. The first kappa shape index (κ1) is 15.5. The molecule has 3 aromatic rings. The minimum atomic E-state index is -0.542. The summed E-state index contributed by atoms with van der Waals surface area (Å²) in [5.74, 6) is 0.101. The second-order valence-electron chi connectivity index (χ2n) is 5.12. The summed E-state index contributed by atoms with van der Waals surface area (Å²) in [5, 5.41) is 15.5. The second-order valence-corrected chi connectivity index (χ2v) is 5.12. The molecule has 0 bridgehead atoms. The minimum absolute atomic E-state index is 0.148. The molecule has 0 saturated heterocycles. The highest BCUT2D eigenvalue weighted by Crippen LogP contribution is 2.23. The third-order valence-electron chi connectivity index (χ3n) is 3.47. The van der Waals surface area contributed by atoms with E-state index in [4.69, 9.17) is 4.74 Å². The molecule has 0 spiro atoms. The first-order valence-corrected chi connectivity index (χ1v) is 7.28. The quantitative estimate of drug-likeness (QED) is 0.573. The molecule has 0 saturated carbocycles. The molecule has 6 heteroatoms. The lowest BCUT2D eigenvalue weighted by Gasteiger charge is -2.08. The van der Waals surface area contributed by atoms with Crippen molar-refractivity contribution in [2.75, 3.05) is 11.9 Å². The average molecular weight is 322 g/mol. The number of hydrogen-bond donors (Lipinski definition) is 1. The van der Waals surface area contributed by atoms with Crippen molar-refractivity contribution < 1.29 is 14.5 Å². The monoisotopic (exact) mass is 322 g/mol. The Bertz CT molecular complexity index is 908. The number of nitro groups is 1. The van der Waals surface area contributed by atoms with Crippen LogP contribution in [0.1, 0.15) is 0 Å². The molecule has 0 atom stereocenters. The fourth-order valence-electron chi connectivity index (χ4n) is 2.33. The van der Waals surface area contributed by atoms with Gasteiger partial charge in [0.2, 0.25) is 0 Å². The normalized spacial score (nSPS) is 10.3. The van der Waals surface area contributed by atoms with Crippen molar-refractivity contribution in [2.45, 2.75) is 0 Å². The lowest BCUT2D eigenvalue weighted by atomic mass is 10.1. The van der Waals surface area contributed by atoms with Gasteiger partial charge < -0.3 is 10.1 Å². The Hall–Kier alpha value is -3.41. The summed E-state index contributed by atoms with van der Waals surface area (Å²) >= 11 is 0. The number of nitrogens with zero attached hydrogens (tertiary/aromatic N) is 1. The molecule has 0 unspecified atom stereocenters. The molecule has 0 aliphatic carbocycles. The summed E-state index contributed by atoms with van der Waals surface area (Å²) in [7, 11) is 0. The molecule has 0 radical (unpaired) electrons. The molecule has 0 aliphatic rings. The Labute approximate surface area is 137 Å². The van der Waals surface area contributed by atoms with E-state index in [1.165, 1.54) is 12.1 Å². The highest BCUT2D eigenvalue weighted by molar-refractivity contribution is 5.94. The van der Waals surface area contributed by atoms with Crippen molar-refractivity contribution in [1.82, 2.24) is 0 Å². The number of fused-ring (bicyclic) bond motifs is 1. The van der Waals surface area contributed by atoms with E-state index in [-0.39, 0.29) is 18.0 Å². The lowest BCUT2D eigenvalue weighted by Crippen LogP contribution is -2.20. The zero-order valence-electron chi connectivity index (χ0n) is 12.6. The van der Waals surface area contributed by atoms with E-state index in [9.17, 15) is 14.9 Å². The number of rotatable bonds is 5. The highest BCUT2D eigenvalue weighted by Gasteiger charge is 2.14. The summed E-state index contributed by atoms with van der Waals surface area (Å²) in [6.07, 6.45) is 0. The van der Waals surface area contributed by atoms with E-state index in [1.54, 1.807) is 18.2 Å². The average Bonchev–Trinajstić information content (AvgIpc) is 2.60. The van der Waals surface area contributed by atoms with Gasteiger partial charge in [0.1, 0.15) is 11.4 Å². The van der Waals surface area contributed by atoms with Gasteiger partial charge in [0.05, 0.1) is 4.92 Å². The smallest absolute Gasteiger partial charge is 0.292 e. The number of ether oxygens (including phenoxy) is 1. The molecule has 6 nitrogen and oxygen atoms in total. The van der Waals surface area contributed by atoms with Crippen LogP contribution in [-0.4, -0.2) is 17.4 Å². The van der Waals surface area contributed by atoms with Crippen LogP contribution >= 0.6 is 0 Å². The van der Waals surface area contributed by atoms with Crippen molar-refractivity contribution in [1.29, 1.82) is 0 Å². The maximum atomic E-state index is 12.0. The number of carbonyl (C=O) groups is 1. The van der Waals surface area contributed by atoms with E-state index >= 15 is 0 Å². The van der Waals surface area contributed by atoms with Crippen molar-refractivity contribution in [2.24, 2.45) is 0 Å². The number of nitro benzene ring substituents is 1. The molecule has 3 rings (SSSR count). The minimum Gasteiger partial charge on any atom is -0.484 e. The van der Waals surface area contributed by atoms with Crippen molar-refractivity contribution >= 4 is 28.1 Å². The van der Waals surface area contributed by atoms with Gasteiger partial charge in [0, 0.05) is 6.07 Å². The molecule has 0 aromatic heterocycles. The largest absolute Gasteiger partial charge is 0.484 e. The van der Waals surface area contributed by atoms with Crippen LogP contribution in [0.4, 0.5) is 11.4 Å². The third-order valence-corrected chi connectivity index (χ3v) is 3.47. The summed E-state index contributed by atoms with van der Waals surface area (Å²) < 4.78 is 5.47. The van der Waals surface area contributed by atoms with Crippen LogP contribution in [0.5, 0.6) is 5.75 Å². The van der Waals surface area contributed by atoms with E-state index in [0.717, 1.165) is 10.8 Å². The predicted octanol–water partition coefficient (Wildman–Crippen LogP) is 3.77. The standard InChI is InChI=1S/C18H14N2O4/c21-18(19-16-7-3-4-8-17(16)20(22)23)12-24-15-10-9-13-5-1-2-6-14(13)11-15/h1-11H,12H2,(H,19,21). The first-order valence-electron chi connectivity index (χ1n) is 7.28. The number of para-hydroxylation sites is 2. The summed E-state index contributed by atoms with van der Waals surface area (Å²) in [4.78, 5) is 22.4. The van der Waals surface area contributed by atoms with Crippen LogP contribution in [0.3, 0.4) is 0 Å². The van der Waals surface area contributed by atoms with Gasteiger partial charge in [-0.2, -0.15) is 0 Å². The van der Waals surface area contributed by atoms with Crippen LogP contribution in [0.25, 0.3) is 10.8 Å². The second kappa shape index (κ2) is 6.78. The number of anilines is 1. The molecule has 3 aromatic carbocycles. The van der Waals surface area contributed by atoms with Gasteiger partial charge in [0.25, 0.3) is 11.6 Å². The van der Waals surface area contributed by atoms with Crippen LogP contribution in [0, 0.1) is 10.1 Å². The van der Waals surface area contributed by atoms with Crippen LogP contribution in [0.15, 0.2) is 66.7 Å². The maximum Gasteiger partial charge on any atom is 0.292 e. The lowest BCUT2D eigenvalue weighted by molar-refractivity contribution is -0.383. The molecular formula is C18H14N2O4. The first-order chi connectivity index (χ1) is 11.6. The number of nitrogens with one attached hydrogen (secondary N) is 1. The predicted molar refractivity (Wildman–Crippen MR) is 91.2 cm³/mol. The number of amides is 1. The van der Waals surface area contributed by atoms with Gasteiger partial charge in [-0.3, -0.25) is 14.9 Å². The SMILES string of the molecule is O=C(COc1ccc2ccccc2c1)Nc1ccccc1[N+](=O)[O-]. The van der Waals surface area contributed by atoms with Crippen LogP contribution < -0.4 is 10.1 Å². The zero-order chi connectivity index (χ0) is 16.9. The van der Waals surface area contributed by atoms with Gasteiger partial charge in [-0.25, -0.2) is 0 Å². The van der Waals surface area contributed by atoms with Gasteiger partial charge >= 0.3 is 0 Å². The number of hydrogen-bond acceptors (Lipinski definition) is 4. The zero-order valence-corrected chi connectivity index (χ0v) is 12.6. The Morgan fingerprint density at radius 2 is 1.71 bits per heavy atom. The topological polar surface area (TPSA) is 81.5 Å². The molecule has 1 N–H and O–H groups in total. The van der Waals surface area contributed by atoms with Crippen molar-refractivity contribution in [3.8, 4) is 5.75 Å². The third kappa shape index (κ3) is 3.49. The highest BCUT2D eigenvalue weighted by atomic mass is 16.6. The Morgan fingerprint density at radius 1 is 1.00 bits per heavy atom. The molecule has 120 valence electrons.